The van der Waals surface area contributed by atoms with Crippen LogP contribution in [0, 0.1) is 11.3 Å². The van der Waals surface area contributed by atoms with Crippen LogP contribution < -0.4 is 5.32 Å². The summed E-state index contributed by atoms with van der Waals surface area (Å²) in [5, 5.41) is 2.98. The van der Waals surface area contributed by atoms with E-state index in [1.165, 1.54) is 7.11 Å². The van der Waals surface area contributed by atoms with Gasteiger partial charge in [0.2, 0.25) is 5.91 Å². The summed E-state index contributed by atoms with van der Waals surface area (Å²) in [6, 6.07) is 0. The number of likely N-dealkylation sites (tertiary alicyclic amines) is 1. The lowest BCUT2D eigenvalue weighted by molar-refractivity contribution is -0.128. The molecule has 0 aliphatic carbocycles. The van der Waals surface area contributed by atoms with Crippen LogP contribution in [-0.4, -0.2) is 43.6 Å². The van der Waals surface area contributed by atoms with Crippen LogP contribution in [0.4, 0.5) is 4.79 Å². The second-order valence-electron chi connectivity index (χ2n) is 5.86. The number of rotatable bonds is 2. The number of ether oxygens (including phenoxy) is 1. The molecule has 0 aromatic heterocycles. The van der Waals surface area contributed by atoms with E-state index in [2.05, 4.69) is 10.1 Å². The molecule has 0 unspecified atom stereocenters. The maximum Gasteiger partial charge on any atom is 0.409 e. The zero-order valence-electron chi connectivity index (χ0n) is 11.8. The van der Waals surface area contributed by atoms with Gasteiger partial charge in [-0.3, -0.25) is 4.79 Å². The summed E-state index contributed by atoms with van der Waals surface area (Å²) in [5.74, 6) is 0.537. The highest BCUT2D eigenvalue weighted by Gasteiger charge is 2.25. The van der Waals surface area contributed by atoms with E-state index in [4.69, 9.17) is 0 Å². The molecule has 1 rings (SSSR count). The van der Waals surface area contributed by atoms with Gasteiger partial charge in [-0.15, -0.1) is 0 Å². The highest BCUT2D eigenvalue weighted by Crippen LogP contribution is 2.18. The maximum atomic E-state index is 11.7. The van der Waals surface area contributed by atoms with Gasteiger partial charge in [0.15, 0.2) is 0 Å². The number of carbonyl (C=O) groups is 2. The Morgan fingerprint density at radius 1 is 1.28 bits per heavy atom. The number of amides is 2. The Bertz CT molecular complexity index is 302. The Balaban J connectivity index is 2.28. The van der Waals surface area contributed by atoms with Crippen molar-refractivity contribution in [3.05, 3.63) is 0 Å². The molecule has 104 valence electrons. The van der Waals surface area contributed by atoms with Gasteiger partial charge in [-0.25, -0.2) is 4.79 Å². The quantitative estimate of drug-likeness (QED) is 0.817. The molecule has 1 saturated heterocycles. The van der Waals surface area contributed by atoms with Crippen LogP contribution >= 0.6 is 0 Å². The number of hydrogen-bond donors (Lipinski definition) is 1. The molecule has 0 aromatic rings. The third-order valence-corrected chi connectivity index (χ3v) is 3.28. The Morgan fingerprint density at radius 2 is 1.83 bits per heavy atom. The molecule has 2 amide bonds. The van der Waals surface area contributed by atoms with Crippen molar-refractivity contribution in [2.45, 2.75) is 33.6 Å². The SMILES string of the molecule is COC(=O)N1CCC(CNC(=O)C(C)(C)C)CC1. The van der Waals surface area contributed by atoms with E-state index >= 15 is 0 Å². The van der Waals surface area contributed by atoms with E-state index < -0.39 is 0 Å². The van der Waals surface area contributed by atoms with Crippen LogP contribution in [0.1, 0.15) is 33.6 Å². The molecule has 0 bridgehead atoms. The monoisotopic (exact) mass is 256 g/mol. The number of methoxy groups -OCH3 is 1. The number of nitrogens with zero attached hydrogens (tertiary/aromatic N) is 1. The van der Waals surface area contributed by atoms with Crippen LogP contribution in [0.15, 0.2) is 0 Å². The van der Waals surface area contributed by atoms with Crippen molar-refractivity contribution in [3.8, 4) is 0 Å². The standard InChI is InChI=1S/C13H24N2O3/c1-13(2,3)11(16)14-9-10-5-7-15(8-6-10)12(17)18-4/h10H,5-9H2,1-4H3,(H,14,16). The number of nitrogens with one attached hydrogen (secondary N) is 1. The van der Waals surface area contributed by atoms with Crippen LogP contribution in [0.2, 0.25) is 0 Å². The lowest BCUT2D eigenvalue weighted by atomic mass is 9.93. The van der Waals surface area contributed by atoms with Gasteiger partial charge in [0, 0.05) is 25.0 Å². The molecule has 1 aliphatic heterocycles. The minimum atomic E-state index is -0.341. The molecule has 1 fully saturated rings. The van der Waals surface area contributed by atoms with Crippen molar-refractivity contribution in [1.82, 2.24) is 10.2 Å². The van der Waals surface area contributed by atoms with E-state index in [1.807, 2.05) is 20.8 Å². The molecule has 1 N–H and O–H groups in total. The van der Waals surface area contributed by atoms with Crippen LogP contribution in [0.25, 0.3) is 0 Å². The maximum absolute atomic E-state index is 11.7. The Labute approximate surface area is 109 Å². The second-order valence-corrected chi connectivity index (χ2v) is 5.86. The van der Waals surface area contributed by atoms with Crippen molar-refractivity contribution in [2.75, 3.05) is 26.7 Å². The fourth-order valence-corrected chi connectivity index (χ4v) is 1.95. The molecule has 18 heavy (non-hydrogen) atoms. The van der Waals surface area contributed by atoms with Gasteiger partial charge < -0.3 is 15.0 Å². The first-order valence-electron chi connectivity index (χ1n) is 6.45. The first-order valence-corrected chi connectivity index (χ1v) is 6.45. The molecule has 1 heterocycles. The molecular formula is C13H24N2O3. The van der Waals surface area contributed by atoms with Gasteiger partial charge in [-0.05, 0) is 18.8 Å². The minimum Gasteiger partial charge on any atom is -0.453 e. The number of piperidine rings is 1. The summed E-state index contributed by atoms with van der Waals surface area (Å²) in [7, 11) is 1.40. The van der Waals surface area contributed by atoms with Gasteiger partial charge in [-0.2, -0.15) is 0 Å². The molecule has 0 aromatic carbocycles. The zero-order valence-corrected chi connectivity index (χ0v) is 11.8. The van der Waals surface area contributed by atoms with Crippen molar-refractivity contribution in [1.29, 1.82) is 0 Å². The summed E-state index contributed by atoms with van der Waals surface area (Å²) < 4.78 is 4.69. The molecule has 0 atom stereocenters. The van der Waals surface area contributed by atoms with Gasteiger partial charge in [-0.1, -0.05) is 20.8 Å². The summed E-state index contributed by atoms with van der Waals surface area (Å²) in [4.78, 5) is 24.7. The van der Waals surface area contributed by atoms with E-state index in [1.54, 1.807) is 4.90 Å². The van der Waals surface area contributed by atoms with E-state index in [0.29, 0.717) is 25.6 Å². The summed E-state index contributed by atoms with van der Waals surface area (Å²) >= 11 is 0. The Hall–Kier alpha value is -1.26. The summed E-state index contributed by atoms with van der Waals surface area (Å²) in [6.45, 7) is 7.84. The normalized spacial score (nSPS) is 17.4. The first kappa shape index (κ1) is 14.8. The van der Waals surface area contributed by atoms with Gasteiger partial charge in [0.1, 0.15) is 0 Å². The average Bonchev–Trinajstić information content (AvgIpc) is 2.34. The molecule has 0 saturated carbocycles. The fourth-order valence-electron chi connectivity index (χ4n) is 1.95. The molecule has 5 heteroatoms. The van der Waals surface area contributed by atoms with Crippen molar-refractivity contribution in [2.24, 2.45) is 11.3 Å². The van der Waals surface area contributed by atoms with E-state index in [9.17, 15) is 9.59 Å². The highest BCUT2D eigenvalue weighted by atomic mass is 16.5. The fraction of sp³-hybridized carbons (Fsp3) is 0.846. The summed E-state index contributed by atoms with van der Waals surface area (Å²) in [5.41, 5.74) is -0.341. The summed E-state index contributed by atoms with van der Waals surface area (Å²) in [6.07, 6.45) is 1.58. The predicted molar refractivity (Wildman–Crippen MR) is 69.2 cm³/mol. The zero-order chi connectivity index (χ0) is 13.8. The largest absolute Gasteiger partial charge is 0.453 e. The molecule has 5 nitrogen and oxygen atoms in total. The highest BCUT2D eigenvalue weighted by molar-refractivity contribution is 5.81. The third kappa shape index (κ3) is 4.20. The van der Waals surface area contributed by atoms with Crippen LogP contribution in [-0.2, 0) is 9.53 Å². The predicted octanol–water partition coefficient (Wildman–Crippen LogP) is 1.63. The lowest BCUT2D eigenvalue weighted by Crippen LogP contribution is -2.43. The van der Waals surface area contributed by atoms with Crippen molar-refractivity contribution in [3.63, 3.8) is 0 Å². The second kappa shape index (κ2) is 6.07. The minimum absolute atomic E-state index is 0.0814. The Morgan fingerprint density at radius 3 is 2.28 bits per heavy atom. The first-order chi connectivity index (χ1) is 8.34. The van der Waals surface area contributed by atoms with Crippen molar-refractivity contribution >= 4 is 12.0 Å². The molecule has 0 radical (unpaired) electrons. The third-order valence-electron chi connectivity index (χ3n) is 3.28. The van der Waals surface area contributed by atoms with E-state index in [-0.39, 0.29) is 17.4 Å². The molecule has 0 spiro atoms. The van der Waals surface area contributed by atoms with Gasteiger partial charge in [0.25, 0.3) is 0 Å². The van der Waals surface area contributed by atoms with Crippen LogP contribution in [0.5, 0.6) is 0 Å². The molecule has 1 aliphatic rings. The Kier molecular flexibility index (Phi) is 4.99. The van der Waals surface area contributed by atoms with Crippen molar-refractivity contribution < 1.29 is 14.3 Å². The number of carbonyl (C=O) groups excluding carboxylic acids is 2. The van der Waals surface area contributed by atoms with Gasteiger partial charge in [0.05, 0.1) is 7.11 Å². The number of hydrogen-bond acceptors (Lipinski definition) is 3. The topological polar surface area (TPSA) is 58.6 Å². The average molecular weight is 256 g/mol. The van der Waals surface area contributed by atoms with Gasteiger partial charge >= 0.3 is 6.09 Å². The van der Waals surface area contributed by atoms with E-state index in [0.717, 1.165) is 12.8 Å². The molecular weight excluding hydrogens is 232 g/mol. The lowest BCUT2D eigenvalue weighted by Gasteiger charge is -2.31. The van der Waals surface area contributed by atoms with Crippen LogP contribution in [0.3, 0.4) is 0 Å². The smallest absolute Gasteiger partial charge is 0.409 e.